The van der Waals surface area contributed by atoms with Crippen molar-refractivity contribution in [3.63, 3.8) is 0 Å². The predicted octanol–water partition coefficient (Wildman–Crippen LogP) is 5.05. The average molecular weight is 339 g/mol. The molecule has 0 saturated heterocycles. The number of anilines is 1. The standard InChI is InChI=1S/C24H23N2/c1-25(2)23-15-14-18(20-8-4-5-10-22(20)23)12-13-19-16-17-26(3)24-11-7-6-9-21(19)24/h4-17H,1-3H3/q+1. The Labute approximate surface area is 154 Å². The third-order valence-electron chi connectivity index (χ3n) is 4.93. The van der Waals surface area contributed by atoms with E-state index in [0.29, 0.717) is 0 Å². The van der Waals surface area contributed by atoms with E-state index >= 15 is 0 Å². The fourth-order valence-corrected chi connectivity index (χ4v) is 3.55. The third kappa shape index (κ3) is 2.84. The fraction of sp³-hybridized carbons (Fsp3) is 0.125. The lowest BCUT2D eigenvalue weighted by atomic mass is 10.0. The molecule has 4 rings (SSSR count). The highest BCUT2D eigenvalue weighted by molar-refractivity contribution is 6.01. The number of fused-ring (bicyclic) bond motifs is 2. The second-order valence-electron chi connectivity index (χ2n) is 6.85. The second-order valence-corrected chi connectivity index (χ2v) is 6.85. The van der Waals surface area contributed by atoms with Gasteiger partial charge in [-0.2, -0.15) is 0 Å². The van der Waals surface area contributed by atoms with Crippen molar-refractivity contribution in [2.45, 2.75) is 0 Å². The van der Waals surface area contributed by atoms with Crippen molar-refractivity contribution in [3.8, 4) is 0 Å². The highest BCUT2D eigenvalue weighted by Gasteiger charge is 2.08. The van der Waals surface area contributed by atoms with Gasteiger partial charge in [0.1, 0.15) is 7.05 Å². The quantitative estimate of drug-likeness (QED) is 0.474. The molecule has 4 aromatic rings. The van der Waals surface area contributed by atoms with Gasteiger partial charge in [-0.3, -0.25) is 0 Å². The van der Waals surface area contributed by atoms with Crippen LogP contribution in [0.25, 0.3) is 33.8 Å². The molecule has 0 aliphatic heterocycles. The van der Waals surface area contributed by atoms with Crippen LogP contribution in [0.3, 0.4) is 0 Å². The molecule has 1 aromatic heterocycles. The number of aromatic nitrogens is 1. The Morgan fingerprint density at radius 1 is 0.692 bits per heavy atom. The number of benzene rings is 3. The summed E-state index contributed by atoms with van der Waals surface area (Å²) in [7, 11) is 6.27. The summed E-state index contributed by atoms with van der Waals surface area (Å²) in [5, 5.41) is 3.83. The van der Waals surface area contributed by atoms with E-state index in [2.05, 4.69) is 116 Å². The van der Waals surface area contributed by atoms with Gasteiger partial charge in [0.2, 0.25) is 5.52 Å². The van der Waals surface area contributed by atoms with Crippen LogP contribution in [0.15, 0.2) is 72.9 Å². The predicted molar refractivity (Wildman–Crippen MR) is 112 cm³/mol. The molecule has 3 aromatic carbocycles. The molecule has 0 saturated carbocycles. The number of para-hydroxylation sites is 1. The maximum atomic E-state index is 2.23. The van der Waals surface area contributed by atoms with Crippen LogP contribution in [0.5, 0.6) is 0 Å². The van der Waals surface area contributed by atoms with Crippen LogP contribution in [-0.2, 0) is 7.05 Å². The summed E-state index contributed by atoms with van der Waals surface area (Å²) in [6.45, 7) is 0. The molecule has 1 heterocycles. The van der Waals surface area contributed by atoms with Crippen molar-refractivity contribution in [2.24, 2.45) is 7.05 Å². The van der Waals surface area contributed by atoms with Crippen LogP contribution in [-0.4, -0.2) is 14.1 Å². The summed E-state index contributed by atoms with van der Waals surface area (Å²) < 4.78 is 2.16. The fourth-order valence-electron chi connectivity index (χ4n) is 3.55. The Balaban J connectivity index is 1.84. The van der Waals surface area contributed by atoms with Crippen molar-refractivity contribution >= 4 is 39.5 Å². The lowest BCUT2D eigenvalue weighted by Gasteiger charge is -2.16. The van der Waals surface area contributed by atoms with Crippen LogP contribution in [0.4, 0.5) is 5.69 Å². The van der Waals surface area contributed by atoms with Crippen LogP contribution < -0.4 is 9.47 Å². The summed E-state index contributed by atoms with van der Waals surface area (Å²) in [4.78, 5) is 2.17. The first-order chi connectivity index (χ1) is 12.6. The average Bonchev–Trinajstić information content (AvgIpc) is 2.67. The third-order valence-corrected chi connectivity index (χ3v) is 4.93. The lowest BCUT2D eigenvalue weighted by Crippen LogP contribution is -2.28. The molecule has 128 valence electrons. The molecule has 0 N–H and O–H groups in total. The van der Waals surface area contributed by atoms with E-state index in [0.717, 1.165) is 0 Å². The molecule has 0 amide bonds. The van der Waals surface area contributed by atoms with E-state index in [-0.39, 0.29) is 0 Å². The second kappa shape index (κ2) is 6.64. The van der Waals surface area contributed by atoms with E-state index < -0.39 is 0 Å². The van der Waals surface area contributed by atoms with Gasteiger partial charge in [-0.1, -0.05) is 54.6 Å². The molecule has 0 aliphatic carbocycles. The molecule has 0 fully saturated rings. The van der Waals surface area contributed by atoms with Crippen molar-refractivity contribution in [1.82, 2.24) is 0 Å². The summed E-state index contributed by atoms with van der Waals surface area (Å²) in [5.74, 6) is 0. The van der Waals surface area contributed by atoms with E-state index in [1.165, 1.54) is 38.5 Å². The maximum absolute atomic E-state index is 2.23. The molecule has 0 radical (unpaired) electrons. The Kier molecular flexibility index (Phi) is 4.18. The maximum Gasteiger partial charge on any atom is 0.212 e. The number of nitrogens with zero attached hydrogens (tertiary/aromatic N) is 2. The van der Waals surface area contributed by atoms with Crippen molar-refractivity contribution in [1.29, 1.82) is 0 Å². The zero-order chi connectivity index (χ0) is 18.1. The number of aryl methyl sites for hydroxylation is 1. The topological polar surface area (TPSA) is 7.12 Å². The summed E-state index contributed by atoms with van der Waals surface area (Å²) >= 11 is 0. The smallest absolute Gasteiger partial charge is 0.212 e. The molecule has 0 bridgehead atoms. The van der Waals surface area contributed by atoms with Gasteiger partial charge < -0.3 is 4.90 Å². The summed E-state index contributed by atoms with van der Waals surface area (Å²) in [5.41, 5.74) is 4.96. The minimum absolute atomic E-state index is 1.24. The Bertz CT molecular complexity index is 1120. The highest BCUT2D eigenvalue weighted by Crippen LogP contribution is 2.29. The SMILES string of the molecule is CN(C)c1ccc(/C=C/c2cc[n+](C)c3ccccc23)c2ccccc12. The van der Waals surface area contributed by atoms with Crippen LogP contribution in [0.2, 0.25) is 0 Å². The van der Waals surface area contributed by atoms with Gasteiger partial charge in [-0.15, -0.1) is 0 Å². The molecule has 0 spiro atoms. The van der Waals surface area contributed by atoms with Gasteiger partial charge in [-0.25, -0.2) is 4.57 Å². The van der Waals surface area contributed by atoms with Gasteiger partial charge in [-0.05, 0) is 28.6 Å². The lowest BCUT2D eigenvalue weighted by molar-refractivity contribution is -0.644. The van der Waals surface area contributed by atoms with Crippen LogP contribution >= 0.6 is 0 Å². The first kappa shape index (κ1) is 16.3. The van der Waals surface area contributed by atoms with Gasteiger partial charge >= 0.3 is 0 Å². The van der Waals surface area contributed by atoms with Gasteiger partial charge in [0.05, 0.1) is 5.39 Å². The number of pyridine rings is 1. The first-order valence-corrected chi connectivity index (χ1v) is 8.90. The summed E-state index contributed by atoms with van der Waals surface area (Å²) in [6.07, 6.45) is 6.57. The first-order valence-electron chi connectivity index (χ1n) is 8.90. The van der Waals surface area contributed by atoms with Gasteiger partial charge in [0.15, 0.2) is 6.20 Å². The van der Waals surface area contributed by atoms with Gasteiger partial charge in [0, 0.05) is 37.3 Å². The molecule has 0 atom stereocenters. The van der Waals surface area contributed by atoms with Crippen LogP contribution in [0.1, 0.15) is 11.1 Å². The van der Waals surface area contributed by atoms with Crippen molar-refractivity contribution < 1.29 is 4.57 Å². The van der Waals surface area contributed by atoms with E-state index in [9.17, 15) is 0 Å². The zero-order valence-corrected chi connectivity index (χ0v) is 15.5. The number of hydrogen-bond donors (Lipinski definition) is 0. The summed E-state index contributed by atoms with van der Waals surface area (Å²) in [6, 6.07) is 23.7. The molecule has 0 aliphatic rings. The molecular weight excluding hydrogens is 316 g/mol. The molecular formula is C24H23N2+. The zero-order valence-electron chi connectivity index (χ0n) is 15.5. The minimum atomic E-state index is 1.24. The van der Waals surface area contributed by atoms with Crippen LogP contribution in [0, 0.1) is 0 Å². The Morgan fingerprint density at radius 2 is 1.31 bits per heavy atom. The Hall–Kier alpha value is -3.13. The minimum Gasteiger partial charge on any atom is -0.377 e. The van der Waals surface area contributed by atoms with Crippen molar-refractivity contribution in [3.05, 3.63) is 84.1 Å². The van der Waals surface area contributed by atoms with E-state index in [1.807, 2.05) is 0 Å². The van der Waals surface area contributed by atoms with E-state index in [1.54, 1.807) is 0 Å². The largest absolute Gasteiger partial charge is 0.377 e. The molecule has 2 heteroatoms. The van der Waals surface area contributed by atoms with E-state index in [4.69, 9.17) is 0 Å². The van der Waals surface area contributed by atoms with Crippen molar-refractivity contribution in [2.75, 3.05) is 19.0 Å². The number of rotatable bonds is 3. The Morgan fingerprint density at radius 3 is 2.04 bits per heavy atom. The molecule has 2 nitrogen and oxygen atoms in total. The van der Waals surface area contributed by atoms with Gasteiger partial charge in [0.25, 0.3) is 0 Å². The monoisotopic (exact) mass is 339 g/mol. The number of hydrogen-bond acceptors (Lipinski definition) is 1. The molecule has 0 unspecified atom stereocenters. The molecule has 26 heavy (non-hydrogen) atoms. The normalized spacial score (nSPS) is 11.5. The highest BCUT2D eigenvalue weighted by atomic mass is 15.1.